The van der Waals surface area contributed by atoms with Gasteiger partial charge in [0.05, 0.1) is 5.52 Å². The first kappa shape index (κ1) is 15.4. The maximum Gasteiger partial charge on any atom is 0.275 e. The number of aromatic amines is 1. The quantitative estimate of drug-likeness (QED) is 0.534. The first-order valence-electron chi connectivity index (χ1n) is 8.19. The second-order valence-corrected chi connectivity index (χ2v) is 5.98. The van der Waals surface area contributed by atoms with E-state index in [2.05, 4.69) is 14.5 Å². The largest absolute Gasteiger partial charge is 0.506 e. The monoisotopic (exact) mass is 334 g/mol. The number of H-pyrrole nitrogens is 1. The Morgan fingerprint density at radius 2 is 2.00 bits per heavy atom. The lowest BCUT2D eigenvalue weighted by Crippen LogP contribution is -2.11. The van der Waals surface area contributed by atoms with Crippen LogP contribution in [0.5, 0.6) is 5.75 Å². The summed E-state index contributed by atoms with van der Waals surface area (Å²) in [6, 6.07) is 12.9. The summed E-state index contributed by atoms with van der Waals surface area (Å²) in [5.74, 6) is 0.0130. The number of benzene rings is 2. The third-order valence-corrected chi connectivity index (χ3v) is 4.35. The number of nitrogens with zero attached hydrogens (tertiary/aromatic N) is 2. The zero-order valence-electron chi connectivity index (χ0n) is 13.6. The van der Waals surface area contributed by atoms with Crippen LogP contribution in [0.2, 0.25) is 0 Å². The topological polar surface area (TPSA) is 96.9 Å². The fraction of sp³-hybridized carbons (Fsp3) is 0.158. The van der Waals surface area contributed by atoms with Crippen LogP contribution >= 0.6 is 0 Å². The van der Waals surface area contributed by atoms with Crippen LogP contribution in [-0.4, -0.2) is 26.2 Å². The van der Waals surface area contributed by atoms with E-state index in [9.17, 15) is 9.90 Å². The summed E-state index contributed by atoms with van der Waals surface area (Å²) in [6.07, 6.45) is 2.81. The number of hydrogen-bond acceptors (Lipinski definition) is 4. The van der Waals surface area contributed by atoms with E-state index in [4.69, 9.17) is 5.73 Å². The van der Waals surface area contributed by atoms with Gasteiger partial charge >= 0.3 is 0 Å². The number of fused-ring (bicyclic) bond motifs is 2. The van der Waals surface area contributed by atoms with Gasteiger partial charge in [-0.15, -0.1) is 0 Å². The van der Waals surface area contributed by atoms with Gasteiger partial charge in [0.1, 0.15) is 17.0 Å². The lowest BCUT2D eigenvalue weighted by molar-refractivity contribution is 0.480. The maximum atomic E-state index is 12.6. The Bertz CT molecular complexity index is 1130. The van der Waals surface area contributed by atoms with Crippen molar-refractivity contribution in [1.82, 2.24) is 14.5 Å². The second kappa shape index (κ2) is 6.07. The van der Waals surface area contributed by atoms with E-state index in [1.165, 1.54) is 6.07 Å². The number of aryl methyl sites for hydroxylation is 1. The highest BCUT2D eigenvalue weighted by Crippen LogP contribution is 2.29. The standard InChI is InChI=1S/C19H18N4O2/c20-9-4-10-23-11-13(12-5-1-2-7-15(12)23)17-19(25)22-18-14(21-17)6-3-8-16(18)24/h1-3,5-8,11,24H,4,9-10,20H2,(H,22,25). The Morgan fingerprint density at radius 3 is 2.84 bits per heavy atom. The molecule has 0 amide bonds. The zero-order valence-corrected chi connectivity index (χ0v) is 13.6. The lowest BCUT2D eigenvalue weighted by atomic mass is 10.1. The molecule has 2 aromatic heterocycles. The van der Waals surface area contributed by atoms with E-state index in [1.54, 1.807) is 12.1 Å². The third kappa shape index (κ3) is 2.56. The average molecular weight is 334 g/mol. The number of phenolic OH excluding ortho intramolecular Hbond substituents is 1. The molecule has 4 aromatic rings. The summed E-state index contributed by atoms with van der Waals surface area (Å²) in [5, 5.41) is 10.9. The van der Waals surface area contributed by atoms with Crippen LogP contribution in [0.25, 0.3) is 33.2 Å². The van der Waals surface area contributed by atoms with Gasteiger partial charge in [-0.3, -0.25) is 4.79 Å². The molecule has 0 aliphatic carbocycles. The first-order chi connectivity index (χ1) is 12.2. The Balaban J connectivity index is 1.97. The molecule has 0 radical (unpaired) electrons. The highest BCUT2D eigenvalue weighted by Gasteiger charge is 2.15. The predicted octanol–water partition coefficient (Wildman–Crippen LogP) is 2.60. The van der Waals surface area contributed by atoms with Crippen LogP contribution in [0.3, 0.4) is 0 Å². The summed E-state index contributed by atoms with van der Waals surface area (Å²) in [4.78, 5) is 19.8. The van der Waals surface area contributed by atoms with Gasteiger partial charge in [0.2, 0.25) is 0 Å². The molecule has 6 heteroatoms. The van der Waals surface area contributed by atoms with Crippen molar-refractivity contribution in [2.45, 2.75) is 13.0 Å². The van der Waals surface area contributed by atoms with Crippen molar-refractivity contribution in [1.29, 1.82) is 0 Å². The number of aromatic hydroxyl groups is 1. The molecule has 0 aliphatic heterocycles. The number of nitrogens with one attached hydrogen (secondary N) is 1. The highest BCUT2D eigenvalue weighted by molar-refractivity contribution is 5.96. The molecule has 0 atom stereocenters. The van der Waals surface area contributed by atoms with Crippen LogP contribution in [0, 0.1) is 0 Å². The number of aromatic nitrogens is 3. The van der Waals surface area contributed by atoms with Gasteiger partial charge in [0.15, 0.2) is 0 Å². The van der Waals surface area contributed by atoms with Crippen molar-refractivity contribution in [3.05, 3.63) is 59.0 Å². The van der Waals surface area contributed by atoms with Gasteiger partial charge < -0.3 is 20.4 Å². The SMILES string of the molecule is NCCCn1cc(-c2nc3cccc(O)c3[nH]c2=O)c2ccccc21. The van der Waals surface area contributed by atoms with Gasteiger partial charge in [0, 0.05) is 29.2 Å². The number of phenols is 1. The normalized spacial score (nSPS) is 11.4. The summed E-state index contributed by atoms with van der Waals surface area (Å²) < 4.78 is 2.10. The molecule has 0 fully saturated rings. The molecule has 0 unspecified atom stereocenters. The Labute approximate surface area is 143 Å². The molecule has 0 aliphatic rings. The molecule has 6 nitrogen and oxygen atoms in total. The Kier molecular flexibility index (Phi) is 3.74. The van der Waals surface area contributed by atoms with E-state index in [1.807, 2.05) is 30.5 Å². The molecule has 4 rings (SSSR count). The molecule has 2 aromatic carbocycles. The summed E-state index contributed by atoms with van der Waals surface area (Å²) in [6.45, 7) is 1.39. The summed E-state index contributed by atoms with van der Waals surface area (Å²) >= 11 is 0. The van der Waals surface area contributed by atoms with Gasteiger partial charge in [-0.1, -0.05) is 24.3 Å². The van der Waals surface area contributed by atoms with Crippen molar-refractivity contribution in [2.24, 2.45) is 5.73 Å². The van der Waals surface area contributed by atoms with Crippen LogP contribution in [-0.2, 0) is 6.54 Å². The first-order valence-corrected chi connectivity index (χ1v) is 8.19. The van der Waals surface area contributed by atoms with Gasteiger partial charge in [-0.2, -0.15) is 0 Å². The summed E-state index contributed by atoms with van der Waals surface area (Å²) in [7, 11) is 0. The predicted molar refractivity (Wildman–Crippen MR) is 98.6 cm³/mol. The number of hydrogen-bond donors (Lipinski definition) is 3. The fourth-order valence-corrected chi connectivity index (χ4v) is 3.16. The van der Waals surface area contributed by atoms with Crippen molar-refractivity contribution in [3.63, 3.8) is 0 Å². The van der Waals surface area contributed by atoms with E-state index in [0.717, 1.165) is 29.4 Å². The van der Waals surface area contributed by atoms with Crippen molar-refractivity contribution in [3.8, 4) is 17.0 Å². The van der Waals surface area contributed by atoms with E-state index < -0.39 is 0 Å². The fourth-order valence-electron chi connectivity index (χ4n) is 3.16. The molecular weight excluding hydrogens is 316 g/mol. The minimum Gasteiger partial charge on any atom is -0.506 e. The molecule has 0 saturated heterocycles. The van der Waals surface area contributed by atoms with Crippen LogP contribution in [0.1, 0.15) is 6.42 Å². The molecule has 0 bridgehead atoms. The van der Waals surface area contributed by atoms with Gasteiger partial charge in [-0.25, -0.2) is 4.98 Å². The molecule has 126 valence electrons. The second-order valence-electron chi connectivity index (χ2n) is 5.98. The number of para-hydroxylation sites is 2. The van der Waals surface area contributed by atoms with Gasteiger partial charge in [0.25, 0.3) is 5.56 Å². The van der Waals surface area contributed by atoms with Crippen molar-refractivity contribution < 1.29 is 5.11 Å². The minimum atomic E-state index is -0.323. The van der Waals surface area contributed by atoms with Crippen LogP contribution in [0.4, 0.5) is 0 Å². The summed E-state index contributed by atoms with van der Waals surface area (Å²) in [5.41, 5.74) is 8.38. The molecule has 2 heterocycles. The van der Waals surface area contributed by atoms with E-state index in [0.29, 0.717) is 23.3 Å². The van der Waals surface area contributed by atoms with Crippen LogP contribution < -0.4 is 11.3 Å². The number of nitrogens with two attached hydrogens (primary N) is 1. The molecular formula is C19H18N4O2. The average Bonchev–Trinajstić information content (AvgIpc) is 2.99. The van der Waals surface area contributed by atoms with Crippen molar-refractivity contribution >= 4 is 21.9 Å². The van der Waals surface area contributed by atoms with E-state index >= 15 is 0 Å². The Morgan fingerprint density at radius 1 is 1.16 bits per heavy atom. The zero-order chi connectivity index (χ0) is 17.4. The molecule has 25 heavy (non-hydrogen) atoms. The van der Waals surface area contributed by atoms with Gasteiger partial charge in [-0.05, 0) is 31.2 Å². The Hall–Kier alpha value is -3.12. The smallest absolute Gasteiger partial charge is 0.275 e. The van der Waals surface area contributed by atoms with Crippen molar-refractivity contribution in [2.75, 3.05) is 6.54 Å². The molecule has 4 N–H and O–H groups in total. The third-order valence-electron chi connectivity index (χ3n) is 4.35. The maximum absolute atomic E-state index is 12.6. The minimum absolute atomic E-state index is 0.0130. The number of rotatable bonds is 4. The van der Waals surface area contributed by atoms with E-state index in [-0.39, 0.29) is 11.3 Å². The molecule has 0 saturated carbocycles. The lowest BCUT2D eigenvalue weighted by Gasteiger charge is -2.03. The highest BCUT2D eigenvalue weighted by atomic mass is 16.3. The van der Waals surface area contributed by atoms with Crippen LogP contribution in [0.15, 0.2) is 53.5 Å². The molecule has 0 spiro atoms.